The van der Waals surface area contributed by atoms with E-state index in [2.05, 4.69) is 34.2 Å². The summed E-state index contributed by atoms with van der Waals surface area (Å²) < 4.78 is 0. The Kier molecular flexibility index (Phi) is 7.14. The van der Waals surface area contributed by atoms with Gasteiger partial charge in [-0.15, -0.1) is 0 Å². The SMILES string of the molecule is O=C(CCSC/C=C/c1ccccc1)N1CCN(c2ccccn2)CC1. The normalized spacial score (nSPS) is 14.8. The summed E-state index contributed by atoms with van der Waals surface area (Å²) in [6.07, 6.45) is 6.73. The summed E-state index contributed by atoms with van der Waals surface area (Å²) in [5, 5.41) is 0. The Morgan fingerprint density at radius 1 is 1.04 bits per heavy atom. The molecule has 26 heavy (non-hydrogen) atoms. The minimum atomic E-state index is 0.269. The largest absolute Gasteiger partial charge is 0.353 e. The van der Waals surface area contributed by atoms with Crippen molar-refractivity contribution in [2.45, 2.75) is 6.42 Å². The maximum absolute atomic E-state index is 12.4. The van der Waals surface area contributed by atoms with Crippen LogP contribution in [0.1, 0.15) is 12.0 Å². The van der Waals surface area contributed by atoms with Crippen molar-refractivity contribution in [3.8, 4) is 0 Å². The minimum Gasteiger partial charge on any atom is -0.353 e. The highest BCUT2D eigenvalue weighted by Gasteiger charge is 2.21. The van der Waals surface area contributed by atoms with Crippen LogP contribution in [-0.4, -0.2) is 53.5 Å². The molecular formula is C21H25N3OS. The first-order chi connectivity index (χ1) is 12.8. The molecule has 5 heteroatoms. The Morgan fingerprint density at radius 2 is 1.81 bits per heavy atom. The van der Waals surface area contributed by atoms with Crippen molar-refractivity contribution >= 4 is 29.6 Å². The molecule has 0 radical (unpaired) electrons. The van der Waals surface area contributed by atoms with Crippen LogP contribution < -0.4 is 4.90 Å². The number of anilines is 1. The summed E-state index contributed by atoms with van der Waals surface area (Å²) in [4.78, 5) is 21.0. The number of thioether (sulfide) groups is 1. The van der Waals surface area contributed by atoms with Gasteiger partial charge in [0.2, 0.25) is 5.91 Å². The molecule has 0 atom stereocenters. The van der Waals surface area contributed by atoms with Crippen molar-refractivity contribution in [2.75, 3.05) is 42.6 Å². The number of carbonyl (C=O) groups is 1. The summed E-state index contributed by atoms with van der Waals surface area (Å²) in [5.74, 6) is 3.08. The third kappa shape index (κ3) is 5.63. The first-order valence-corrected chi connectivity index (χ1v) is 10.2. The molecule has 0 spiro atoms. The van der Waals surface area contributed by atoms with E-state index in [1.165, 1.54) is 5.56 Å². The van der Waals surface area contributed by atoms with E-state index < -0.39 is 0 Å². The molecule has 1 aliphatic rings. The highest BCUT2D eigenvalue weighted by molar-refractivity contribution is 7.99. The van der Waals surface area contributed by atoms with Gasteiger partial charge in [-0.3, -0.25) is 4.79 Å². The second kappa shape index (κ2) is 10.0. The summed E-state index contributed by atoms with van der Waals surface area (Å²) in [5.41, 5.74) is 1.22. The number of rotatable bonds is 7. The van der Waals surface area contributed by atoms with Gasteiger partial charge in [-0.25, -0.2) is 4.98 Å². The predicted molar refractivity (Wildman–Crippen MR) is 110 cm³/mol. The molecule has 2 heterocycles. The number of pyridine rings is 1. The van der Waals surface area contributed by atoms with Crippen LogP contribution in [0, 0.1) is 0 Å². The topological polar surface area (TPSA) is 36.4 Å². The fourth-order valence-electron chi connectivity index (χ4n) is 2.94. The number of nitrogens with zero attached hydrogens (tertiary/aromatic N) is 3. The number of benzene rings is 1. The van der Waals surface area contributed by atoms with Crippen molar-refractivity contribution in [2.24, 2.45) is 0 Å². The van der Waals surface area contributed by atoms with Gasteiger partial charge in [0, 0.05) is 50.3 Å². The molecule has 1 saturated heterocycles. The summed E-state index contributed by atoms with van der Waals surface area (Å²) in [7, 11) is 0. The zero-order chi connectivity index (χ0) is 18.0. The first kappa shape index (κ1) is 18.5. The van der Waals surface area contributed by atoms with Crippen molar-refractivity contribution in [3.05, 3.63) is 66.4 Å². The Labute approximate surface area is 159 Å². The molecule has 0 aliphatic carbocycles. The number of hydrogen-bond donors (Lipinski definition) is 0. The standard InChI is InChI=1S/C21H25N3OS/c25-21(11-18-26-17-6-9-19-7-2-1-3-8-19)24-15-13-23(14-16-24)20-10-4-5-12-22-20/h1-10,12H,11,13-18H2/b9-6+. The lowest BCUT2D eigenvalue weighted by Gasteiger charge is -2.35. The van der Waals surface area contributed by atoms with E-state index in [1.54, 1.807) is 0 Å². The van der Waals surface area contributed by atoms with Gasteiger partial charge in [-0.2, -0.15) is 11.8 Å². The predicted octanol–water partition coefficient (Wildman–Crippen LogP) is 3.57. The molecule has 0 bridgehead atoms. The van der Waals surface area contributed by atoms with E-state index in [4.69, 9.17) is 0 Å². The fourth-order valence-corrected chi connectivity index (χ4v) is 3.66. The van der Waals surface area contributed by atoms with E-state index in [0.29, 0.717) is 6.42 Å². The van der Waals surface area contributed by atoms with Gasteiger partial charge < -0.3 is 9.80 Å². The Balaban J connectivity index is 1.31. The fraction of sp³-hybridized carbons (Fsp3) is 0.333. The molecule has 1 fully saturated rings. The highest BCUT2D eigenvalue weighted by atomic mass is 32.2. The molecule has 0 N–H and O–H groups in total. The monoisotopic (exact) mass is 367 g/mol. The lowest BCUT2D eigenvalue weighted by atomic mass is 10.2. The molecule has 0 unspecified atom stereocenters. The molecule has 2 aromatic rings. The van der Waals surface area contributed by atoms with Crippen LogP contribution in [0.5, 0.6) is 0 Å². The summed E-state index contributed by atoms with van der Waals surface area (Å²) in [6.45, 7) is 3.29. The van der Waals surface area contributed by atoms with E-state index >= 15 is 0 Å². The lowest BCUT2D eigenvalue weighted by molar-refractivity contribution is -0.131. The zero-order valence-electron chi connectivity index (χ0n) is 15.0. The highest BCUT2D eigenvalue weighted by Crippen LogP contribution is 2.14. The number of hydrogen-bond acceptors (Lipinski definition) is 4. The Hall–Kier alpha value is -2.27. The Bertz CT molecular complexity index is 698. The average molecular weight is 368 g/mol. The van der Waals surface area contributed by atoms with Gasteiger partial charge in [-0.1, -0.05) is 48.6 Å². The molecule has 1 aromatic heterocycles. The van der Waals surface area contributed by atoms with E-state index in [1.807, 2.05) is 59.3 Å². The Morgan fingerprint density at radius 3 is 2.54 bits per heavy atom. The second-order valence-electron chi connectivity index (χ2n) is 6.19. The molecular weight excluding hydrogens is 342 g/mol. The van der Waals surface area contributed by atoms with Crippen LogP contribution in [0.2, 0.25) is 0 Å². The van der Waals surface area contributed by atoms with Crippen LogP contribution in [0.15, 0.2) is 60.8 Å². The molecule has 1 amide bonds. The quantitative estimate of drug-likeness (QED) is 0.701. The first-order valence-electron chi connectivity index (χ1n) is 9.06. The lowest BCUT2D eigenvalue weighted by Crippen LogP contribution is -2.49. The maximum atomic E-state index is 12.4. The number of aromatic nitrogens is 1. The number of amides is 1. The van der Waals surface area contributed by atoms with E-state index in [-0.39, 0.29) is 5.91 Å². The van der Waals surface area contributed by atoms with Gasteiger partial charge in [0.05, 0.1) is 0 Å². The average Bonchev–Trinajstić information content (AvgIpc) is 2.72. The van der Waals surface area contributed by atoms with E-state index in [0.717, 1.165) is 43.5 Å². The summed E-state index contributed by atoms with van der Waals surface area (Å²) >= 11 is 1.81. The number of carbonyl (C=O) groups excluding carboxylic acids is 1. The van der Waals surface area contributed by atoms with Gasteiger partial charge >= 0.3 is 0 Å². The maximum Gasteiger partial charge on any atom is 0.223 e. The van der Waals surface area contributed by atoms with Gasteiger partial charge in [0.15, 0.2) is 0 Å². The van der Waals surface area contributed by atoms with Gasteiger partial charge in [0.25, 0.3) is 0 Å². The second-order valence-corrected chi connectivity index (χ2v) is 7.34. The van der Waals surface area contributed by atoms with Crippen LogP contribution in [0.25, 0.3) is 6.08 Å². The minimum absolute atomic E-state index is 0.269. The van der Waals surface area contributed by atoms with Crippen LogP contribution in [0.4, 0.5) is 5.82 Å². The number of piperazine rings is 1. The van der Waals surface area contributed by atoms with Crippen LogP contribution >= 0.6 is 11.8 Å². The molecule has 1 aliphatic heterocycles. The molecule has 1 aromatic carbocycles. The molecule has 136 valence electrons. The molecule has 4 nitrogen and oxygen atoms in total. The van der Waals surface area contributed by atoms with Crippen molar-refractivity contribution in [3.63, 3.8) is 0 Å². The summed E-state index contributed by atoms with van der Waals surface area (Å²) in [6, 6.07) is 16.2. The van der Waals surface area contributed by atoms with Crippen molar-refractivity contribution in [1.29, 1.82) is 0 Å². The van der Waals surface area contributed by atoms with Crippen molar-refractivity contribution < 1.29 is 4.79 Å². The zero-order valence-corrected chi connectivity index (χ0v) is 15.8. The van der Waals surface area contributed by atoms with Crippen LogP contribution in [-0.2, 0) is 4.79 Å². The van der Waals surface area contributed by atoms with Gasteiger partial charge in [-0.05, 0) is 17.7 Å². The third-order valence-corrected chi connectivity index (χ3v) is 5.31. The van der Waals surface area contributed by atoms with Crippen molar-refractivity contribution in [1.82, 2.24) is 9.88 Å². The third-order valence-electron chi connectivity index (χ3n) is 4.39. The smallest absolute Gasteiger partial charge is 0.223 e. The molecule has 3 rings (SSSR count). The van der Waals surface area contributed by atoms with Gasteiger partial charge in [0.1, 0.15) is 5.82 Å². The molecule has 0 saturated carbocycles. The van der Waals surface area contributed by atoms with Crippen LogP contribution in [0.3, 0.4) is 0 Å². The van der Waals surface area contributed by atoms with E-state index in [9.17, 15) is 4.79 Å².